The normalized spacial score (nSPS) is 13.2. The van der Waals surface area contributed by atoms with E-state index in [1.165, 1.54) is 0 Å². The Hall–Kier alpha value is -2.37. The number of anilines is 2. The molecule has 3 amide bonds. The highest BCUT2D eigenvalue weighted by Gasteiger charge is 2.20. The number of carbonyl (C=O) groups is 3. The predicted octanol–water partition coefficient (Wildman–Crippen LogP) is 2.23. The molecule has 6 nitrogen and oxygen atoms in total. The third-order valence-electron chi connectivity index (χ3n) is 4.01. The van der Waals surface area contributed by atoms with Gasteiger partial charge < -0.3 is 15.5 Å². The van der Waals surface area contributed by atoms with E-state index in [-0.39, 0.29) is 30.6 Å². The van der Waals surface area contributed by atoms with Gasteiger partial charge in [-0.2, -0.15) is 0 Å². The fraction of sp³-hybridized carbons (Fsp3) is 0.500. The molecule has 0 bridgehead atoms. The van der Waals surface area contributed by atoms with Gasteiger partial charge in [-0.05, 0) is 43.0 Å². The fourth-order valence-corrected chi connectivity index (χ4v) is 2.81. The summed E-state index contributed by atoms with van der Waals surface area (Å²) < 4.78 is 0. The Bertz CT molecular complexity index is 628. The van der Waals surface area contributed by atoms with Crippen molar-refractivity contribution < 1.29 is 14.4 Å². The molecule has 130 valence electrons. The lowest BCUT2D eigenvalue weighted by molar-refractivity contribution is -0.124. The van der Waals surface area contributed by atoms with Gasteiger partial charge in [-0.1, -0.05) is 6.92 Å². The first-order valence-corrected chi connectivity index (χ1v) is 8.49. The molecule has 0 fully saturated rings. The summed E-state index contributed by atoms with van der Waals surface area (Å²) in [6.07, 6.45) is 3.04. The molecule has 0 spiro atoms. The van der Waals surface area contributed by atoms with Gasteiger partial charge >= 0.3 is 0 Å². The molecule has 24 heavy (non-hydrogen) atoms. The van der Waals surface area contributed by atoms with E-state index >= 15 is 0 Å². The van der Waals surface area contributed by atoms with E-state index in [4.69, 9.17) is 0 Å². The Balaban J connectivity index is 1.92. The van der Waals surface area contributed by atoms with Crippen molar-refractivity contribution in [2.45, 2.75) is 46.0 Å². The first kappa shape index (κ1) is 18.0. The molecule has 0 atom stereocenters. The highest BCUT2D eigenvalue weighted by molar-refractivity contribution is 5.95. The number of hydrogen-bond acceptors (Lipinski definition) is 3. The summed E-state index contributed by atoms with van der Waals surface area (Å²) in [4.78, 5) is 36.9. The molecule has 2 N–H and O–H groups in total. The van der Waals surface area contributed by atoms with Crippen molar-refractivity contribution in [2.24, 2.45) is 0 Å². The number of benzene rings is 1. The molecule has 1 aromatic rings. The van der Waals surface area contributed by atoms with E-state index < -0.39 is 0 Å². The van der Waals surface area contributed by atoms with Crippen molar-refractivity contribution in [2.75, 3.05) is 23.3 Å². The molecule has 2 rings (SSSR count). The third kappa shape index (κ3) is 4.81. The predicted molar refractivity (Wildman–Crippen MR) is 94.0 cm³/mol. The number of aryl methyl sites for hydroxylation is 1. The van der Waals surface area contributed by atoms with Crippen LogP contribution in [0.4, 0.5) is 11.4 Å². The average Bonchev–Trinajstić information content (AvgIpc) is 2.57. The molecule has 1 aromatic carbocycles. The largest absolute Gasteiger partial charge is 0.356 e. The van der Waals surface area contributed by atoms with Crippen molar-refractivity contribution in [3.05, 3.63) is 23.8 Å². The van der Waals surface area contributed by atoms with Crippen LogP contribution in [0.25, 0.3) is 0 Å². The monoisotopic (exact) mass is 331 g/mol. The fourth-order valence-electron chi connectivity index (χ4n) is 2.81. The molecule has 1 aliphatic rings. The lowest BCUT2D eigenvalue weighted by Gasteiger charge is -2.29. The minimum absolute atomic E-state index is 0.0332. The summed E-state index contributed by atoms with van der Waals surface area (Å²) in [5.41, 5.74) is 2.69. The number of amides is 3. The van der Waals surface area contributed by atoms with Crippen LogP contribution < -0.4 is 15.5 Å². The zero-order valence-corrected chi connectivity index (χ0v) is 14.4. The molecule has 1 heterocycles. The molecule has 0 unspecified atom stereocenters. The average molecular weight is 331 g/mol. The lowest BCUT2D eigenvalue weighted by atomic mass is 10.0. The number of rotatable bonds is 6. The van der Waals surface area contributed by atoms with E-state index in [9.17, 15) is 14.4 Å². The van der Waals surface area contributed by atoms with Crippen LogP contribution in [0.1, 0.15) is 45.1 Å². The highest BCUT2D eigenvalue weighted by Crippen LogP contribution is 2.29. The first-order valence-electron chi connectivity index (χ1n) is 8.49. The Kier molecular flexibility index (Phi) is 6.35. The topological polar surface area (TPSA) is 78.5 Å². The summed E-state index contributed by atoms with van der Waals surface area (Å²) in [7, 11) is 0. The van der Waals surface area contributed by atoms with Crippen molar-refractivity contribution in [3.63, 3.8) is 0 Å². The quantitative estimate of drug-likeness (QED) is 0.839. The van der Waals surface area contributed by atoms with Gasteiger partial charge in [0.05, 0.1) is 0 Å². The smallest absolute Gasteiger partial charge is 0.224 e. The van der Waals surface area contributed by atoms with Crippen LogP contribution in [0.3, 0.4) is 0 Å². The summed E-state index contributed by atoms with van der Waals surface area (Å²) in [5, 5.41) is 5.58. The van der Waals surface area contributed by atoms with Gasteiger partial charge in [0, 0.05) is 44.2 Å². The minimum Gasteiger partial charge on any atom is -0.356 e. The summed E-state index contributed by atoms with van der Waals surface area (Å²) in [6.45, 7) is 4.92. The van der Waals surface area contributed by atoms with E-state index in [2.05, 4.69) is 10.6 Å². The molecular formula is C18H25N3O3. The molecule has 0 saturated heterocycles. The van der Waals surface area contributed by atoms with Gasteiger partial charge in [0.15, 0.2) is 0 Å². The van der Waals surface area contributed by atoms with Gasteiger partial charge in [-0.25, -0.2) is 0 Å². The SMILES string of the molecule is CCCNC(=O)CCC(=O)Nc1ccc2c(c1)CCCN2C(C)=O. The van der Waals surface area contributed by atoms with E-state index in [0.717, 1.165) is 37.1 Å². The Morgan fingerprint density at radius 3 is 2.62 bits per heavy atom. The second-order valence-electron chi connectivity index (χ2n) is 6.02. The van der Waals surface area contributed by atoms with Crippen LogP contribution in [-0.4, -0.2) is 30.8 Å². The second-order valence-corrected chi connectivity index (χ2v) is 6.02. The van der Waals surface area contributed by atoms with Gasteiger partial charge in [0.1, 0.15) is 0 Å². The second kappa shape index (κ2) is 8.47. The van der Waals surface area contributed by atoms with Crippen LogP contribution in [0, 0.1) is 0 Å². The van der Waals surface area contributed by atoms with Crippen molar-refractivity contribution >= 4 is 29.1 Å². The van der Waals surface area contributed by atoms with Crippen molar-refractivity contribution in [1.29, 1.82) is 0 Å². The maximum atomic E-state index is 12.0. The molecule has 0 radical (unpaired) electrons. The maximum Gasteiger partial charge on any atom is 0.224 e. The number of nitrogens with zero attached hydrogens (tertiary/aromatic N) is 1. The number of nitrogens with one attached hydrogen (secondary N) is 2. The van der Waals surface area contributed by atoms with Crippen LogP contribution >= 0.6 is 0 Å². The lowest BCUT2D eigenvalue weighted by Crippen LogP contribution is -2.33. The number of carbonyl (C=O) groups excluding carboxylic acids is 3. The van der Waals surface area contributed by atoms with Crippen LogP contribution in [0.15, 0.2) is 18.2 Å². The van der Waals surface area contributed by atoms with E-state index in [1.54, 1.807) is 17.9 Å². The summed E-state index contributed by atoms with van der Waals surface area (Å²) >= 11 is 0. The Morgan fingerprint density at radius 2 is 1.92 bits per heavy atom. The van der Waals surface area contributed by atoms with Gasteiger partial charge in [-0.15, -0.1) is 0 Å². The Morgan fingerprint density at radius 1 is 1.17 bits per heavy atom. The van der Waals surface area contributed by atoms with Crippen LogP contribution in [0.2, 0.25) is 0 Å². The third-order valence-corrected chi connectivity index (χ3v) is 4.01. The summed E-state index contributed by atoms with van der Waals surface area (Å²) in [6, 6.07) is 5.59. The molecular weight excluding hydrogens is 306 g/mol. The van der Waals surface area contributed by atoms with Crippen molar-refractivity contribution in [3.8, 4) is 0 Å². The van der Waals surface area contributed by atoms with E-state index in [1.807, 2.05) is 19.1 Å². The zero-order chi connectivity index (χ0) is 17.5. The van der Waals surface area contributed by atoms with E-state index in [0.29, 0.717) is 12.2 Å². The molecule has 0 aliphatic carbocycles. The maximum absolute atomic E-state index is 12.0. The van der Waals surface area contributed by atoms with Crippen LogP contribution in [0.5, 0.6) is 0 Å². The molecule has 1 aliphatic heterocycles. The zero-order valence-electron chi connectivity index (χ0n) is 14.4. The van der Waals surface area contributed by atoms with Crippen LogP contribution in [-0.2, 0) is 20.8 Å². The van der Waals surface area contributed by atoms with Gasteiger partial charge in [0.2, 0.25) is 17.7 Å². The summed E-state index contributed by atoms with van der Waals surface area (Å²) in [5.74, 6) is -0.249. The standard InChI is InChI=1S/C18H25N3O3/c1-3-10-19-17(23)8-9-18(24)20-15-6-7-16-14(12-15)5-4-11-21(16)13(2)22/h6-7,12H,3-5,8-11H2,1-2H3,(H,19,23)(H,20,24). The number of fused-ring (bicyclic) bond motifs is 1. The Labute approximate surface area is 142 Å². The van der Waals surface area contributed by atoms with Gasteiger partial charge in [-0.3, -0.25) is 14.4 Å². The molecule has 6 heteroatoms. The van der Waals surface area contributed by atoms with Gasteiger partial charge in [0.25, 0.3) is 0 Å². The first-order chi connectivity index (χ1) is 11.5. The molecule has 0 aromatic heterocycles. The highest BCUT2D eigenvalue weighted by atomic mass is 16.2. The minimum atomic E-state index is -0.180. The number of hydrogen-bond donors (Lipinski definition) is 2. The molecule has 0 saturated carbocycles. The van der Waals surface area contributed by atoms with Crippen molar-refractivity contribution in [1.82, 2.24) is 5.32 Å².